The van der Waals surface area contributed by atoms with Gasteiger partial charge in [0.1, 0.15) is 13.2 Å². The van der Waals surface area contributed by atoms with Crippen molar-refractivity contribution in [1.82, 2.24) is 0 Å². The Morgan fingerprint density at radius 2 is 0.712 bits per heavy atom. The second-order valence-electron chi connectivity index (χ2n) is 14.6. The van der Waals surface area contributed by atoms with Crippen LogP contribution in [0.25, 0.3) is 0 Å². The van der Waals surface area contributed by atoms with Crippen molar-refractivity contribution in [1.29, 1.82) is 0 Å². The SMILES string of the molecule is CCCC/C=C\C/C=C\CCCCCCCC(=O)OCC(COC(=O)CCCCCCCCCC)OC(=O)CCCCCCC/C=C\CCCCC. The van der Waals surface area contributed by atoms with E-state index >= 15 is 0 Å². The van der Waals surface area contributed by atoms with Gasteiger partial charge in [-0.3, -0.25) is 14.4 Å². The maximum atomic E-state index is 12.7. The van der Waals surface area contributed by atoms with Crippen LogP contribution in [0.4, 0.5) is 0 Å². The fourth-order valence-corrected chi connectivity index (χ4v) is 5.98. The molecule has 0 radical (unpaired) electrons. The van der Waals surface area contributed by atoms with E-state index in [1.54, 1.807) is 0 Å². The fourth-order valence-electron chi connectivity index (χ4n) is 5.98. The molecule has 0 aromatic carbocycles. The van der Waals surface area contributed by atoms with E-state index in [9.17, 15) is 14.4 Å². The van der Waals surface area contributed by atoms with Gasteiger partial charge in [0.15, 0.2) is 6.10 Å². The molecule has 1 unspecified atom stereocenters. The molecule has 6 heteroatoms. The van der Waals surface area contributed by atoms with Crippen LogP contribution < -0.4 is 0 Å². The predicted molar refractivity (Wildman–Crippen MR) is 219 cm³/mol. The lowest BCUT2D eigenvalue weighted by atomic mass is 10.1. The molecule has 0 aromatic heterocycles. The second-order valence-corrected chi connectivity index (χ2v) is 14.6. The maximum Gasteiger partial charge on any atom is 0.306 e. The van der Waals surface area contributed by atoms with E-state index in [1.165, 1.54) is 89.9 Å². The van der Waals surface area contributed by atoms with E-state index in [4.69, 9.17) is 14.2 Å². The van der Waals surface area contributed by atoms with Crippen LogP contribution in [0.3, 0.4) is 0 Å². The van der Waals surface area contributed by atoms with Gasteiger partial charge in [0.05, 0.1) is 0 Å². The smallest absolute Gasteiger partial charge is 0.306 e. The predicted octanol–water partition coefficient (Wildman–Crippen LogP) is 13.8. The van der Waals surface area contributed by atoms with Crippen molar-refractivity contribution in [3.63, 3.8) is 0 Å². The van der Waals surface area contributed by atoms with Gasteiger partial charge in [-0.1, -0.05) is 166 Å². The number of esters is 3. The summed E-state index contributed by atoms with van der Waals surface area (Å²) in [5.74, 6) is -0.908. The summed E-state index contributed by atoms with van der Waals surface area (Å²) in [6.07, 6.45) is 45.5. The summed E-state index contributed by atoms with van der Waals surface area (Å²) in [6.45, 7) is 6.51. The molecule has 0 fully saturated rings. The molecule has 0 aliphatic rings. The van der Waals surface area contributed by atoms with Gasteiger partial charge in [0.2, 0.25) is 0 Å². The molecule has 0 aliphatic heterocycles. The van der Waals surface area contributed by atoms with Crippen LogP contribution in [0.15, 0.2) is 36.5 Å². The average Bonchev–Trinajstić information content (AvgIpc) is 3.14. The topological polar surface area (TPSA) is 78.9 Å². The molecule has 0 aromatic rings. The molecule has 0 saturated heterocycles. The van der Waals surface area contributed by atoms with Crippen LogP contribution in [-0.2, 0) is 28.6 Å². The normalized spacial score (nSPS) is 12.3. The number of carbonyl (C=O) groups is 3. The van der Waals surface area contributed by atoms with Crippen LogP contribution in [0.5, 0.6) is 0 Å². The first-order valence-corrected chi connectivity index (χ1v) is 22.0. The second kappa shape index (κ2) is 41.4. The lowest BCUT2D eigenvalue weighted by molar-refractivity contribution is -0.167. The Labute approximate surface area is 321 Å². The molecule has 1 atom stereocenters. The van der Waals surface area contributed by atoms with E-state index in [0.29, 0.717) is 19.3 Å². The van der Waals surface area contributed by atoms with Crippen molar-refractivity contribution in [3.8, 4) is 0 Å². The average molecular weight is 731 g/mol. The number of hydrogen-bond donors (Lipinski definition) is 0. The van der Waals surface area contributed by atoms with E-state index in [-0.39, 0.29) is 31.1 Å². The number of ether oxygens (including phenoxy) is 3. The van der Waals surface area contributed by atoms with Crippen molar-refractivity contribution in [2.75, 3.05) is 13.2 Å². The molecular weight excluding hydrogens is 648 g/mol. The van der Waals surface area contributed by atoms with Gasteiger partial charge in [-0.2, -0.15) is 0 Å². The first-order valence-electron chi connectivity index (χ1n) is 22.0. The van der Waals surface area contributed by atoms with Crippen LogP contribution in [0.1, 0.15) is 220 Å². The maximum absolute atomic E-state index is 12.7. The Bertz CT molecular complexity index is 891. The third kappa shape index (κ3) is 38.9. The zero-order valence-corrected chi connectivity index (χ0v) is 34.3. The highest BCUT2D eigenvalue weighted by atomic mass is 16.6. The zero-order chi connectivity index (χ0) is 38.0. The van der Waals surface area contributed by atoms with Crippen LogP contribution in [0, 0.1) is 0 Å². The third-order valence-electron chi connectivity index (χ3n) is 9.37. The first-order chi connectivity index (χ1) is 25.5. The molecule has 0 heterocycles. The molecule has 0 aliphatic carbocycles. The highest BCUT2D eigenvalue weighted by Gasteiger charge is 2.19. The van der Waals surface area contributed by atoms with Crippen molar-refractivity contribution >= 4 is 17.9 Å². The summed E-state index contributed by atoms with van der Waals surface area (Å²) >= 11 is 0. The Morgan fingerprint density at radius 1 is 0.385 bits per heavy atom. The van der Waals surface area contributed by atoms with Gasteiger partial charge >= 0.3 is 17.9 Å². The van der Waals surface area contributed by atoms with Crippen LogP contribution >= 0.6 is 0 Å². The number of unbranched alkanes of at least 4 members (excludes halogenated alkanes) is 22. The van der Waals surface area contributed by atoms with Crippen LogP contribution in [0.2, 0.25) is 0 Å². The summed E-state index contributed by atoms with van der Waals surface area (Å²) in [4.78, 5) is 37.6. The number of allylic oxidation sites excluding steroid dienone is 6. The lowest BCUT2D eigenvalue weighted by Crippen LogP contribution is -2.30. The Balaban J connectivity index is 4.37. The van der Waals surface area contributed by atoms with E-state index < -0.39 is 6.10 Å². The standard InChI is InChI=1S/C46H82O6/c1-4-7-10-13-16-19-21-23-24-26-27-30-33-36-39-45(48)51-42-43(41-50-44(47)38-35-32-29-18-15-12-9-6-3)52-46(49)40-37-34-31-28-25-22-20-17-14-11-8-5-2/h13,16-17,20-21,23,43H,4-12,14-15,18-19,22,24-42H2,1-3H3/b16-13-,20-17-,23-21-. The van der Waals surface area contributed by atoms with Gasteiger partial charge in [0.25, 0.3) is 0 Å². The summed E-state index contributed by atoms with van der Waals surface area (Å²) in [6, 6.07) is 0. The van der Waals surface area contributed by atoms with Crippen molar-refractivity contribution in [3.05, 3.63) is 36.5 Å². The number of hydrogen-bond acceptors (Lipinski definition) is 6. The molecule has 0 saturated carbocycles. The highest BCUT2D eigenvalue weighted by Crippen LogP contribution is 2.13. The number of rotatable bonds is 39. The van der Waals surface area contributed by atoms with Crippen molar-refractivity contribution in [2.24, 2.45) is 0 Å². The monoisotopic (exact) mass is 731 g/mol. The minimum Gasteiger partial charge on any atom is -0.462 e. The molecule has 0 N–H and O–H groups in total. The van der Waals surface area contributed by atoms with Crippen LogP contribution in [-0.4, -0.2) is 37.2 Å². The highest BCUT2D eigenvalue weighted by molar-refractivity contribution is 5.71. The molecule has 302 valence electrons. The molecule has 6 nitrogen and oxygen atoms in total. The Hall–Kier alpha value is -2.37. The van der Waals surface area contributed by atoms with Crippen molar-refractivity contribution in [2.45, 2.75) is 226 Å². The third-order valence-corrected chi connectivity index (χ3v) is 9.37. The van der Waals surface area contributed by atoms with Gasteiger partial charge in [-0.25, -0.2) is 0 Å². The summed E-state index contributed by atoms with van der Waals surface area (Å²) < 4.78 is 16.6. The summed E-state index contributed by atoms with van der Waals surface area (Å²) in [7, 11) is 0. The summed E-state index contributed by atoms with van der Waals surface area (Å²) in [5.41, 5.74) is 0. The summed E-state index contributed by atoms with van der Waals surface area (Å²) in [5, 5.41) is 0. The molecule has 0 spiro atoms. The number of carbonyl (C=O) groups excluding carboxylic acids is 3. The fraction of sp³-hybridized carbons (Fsp3) is 0.804. The first kappa shape index (κ1) is 49.6. The quantitative estimate of drug-likeness (QED) is 0.0271. The minimum absolute atomic E-state index is 0.0789. The molecule has 0 rings (SSSR count). The van der Waals surface area contributed by atoms with Gasteiger partial charge in [-0.05, 0) is 70.6 Å². The van der Waals surface area contributed by atoms with E-state index in [0.717, 1.165) is 89.9 Å². The molecule has 52 heavy (non-hydrogen) atoms. The van der Waals surface area contributed by atoms with E-state index in [2.05, 4.69) is 57.2 Å². The Kier molecular flexibility index (Phi) is 39.5. The molecular formula is C46H82O6. The lowest BCUT2D eigenvalue weighted by Gasteiger charge is -2.18. The van der Waals surface area contributed by atoms with E-state index in [1.807, 2.05) is 0 Å². The minimum atomic E-state index is -0.775. The largest absolute Gasteiger partial charge is 0.462 e. The Morgan fingerprint density at radius 3 is 1.17 bits per heavy atom. The van der Waals surface area contributed by atoms with Crippen molar-refractivity contribution < 1.29 is 28.6 Å². The van der Waals surface area contributed by atoms with Gasteiger partial charge in [0, 0.05) is 19.3 Å². The molecule has 0 bridgehead atoms. The molecule has 0 amide bonds. The zero-order valence-electron chi connectivity index (χ0n) is 34.3. The van der Waals surface area contributed by atoms with Gasteiger partial charge < -0.3 is 14.2 Å². The van der Waals surface area contributed by atoms with Gasteiger partial charge in [-0.15, -0.1) is 0 Å².